The topological polar surface area (TPSA) is 52.8 Å². The molecule has 0 N–H and O–H groups in total. The van der Waals surface area contributed by atoms with Gasteiger partial charge in [0.15, 0.2) is 0 Å². The van der Waals surface area contributed by atoms with Crippen molar-refractivity contribution in [3.63, 3.8) is 0 Å². The molecule has 2 aromatic rings. The minimum absolute atomic E-state index is 0.0794. The van der Waals surface area contributed by atoms with E-state index < -0.39 is 5.82 Å². The van der Waals surface area contributed by atoms with Gasteiger partial charge in [-0.3, -0.25) is 9.69 Å². The summed E-state index contributed by atoms with van der Waals surface area (Å²) in [6.07, 6.45) is 6.13. The van der Waals surface area contributed by atoms with Crippen LogP contribution in [0.4, 0.5) is 14.8 Å². The number of rotatable bonds is 4. The van der Waals surface area contributed by atoms with Crippen LogP contribution in [0.2, 0.25) is 0 Å². The summed E-state index contributed by atoms with van der Waals surface area (Å²) in [5.74, 6) is -0.680. The summed E-state index contributed by atoms with van der Waals surface area (Å²) in [4.78, 5) is 22.9. The number of benzene rings is 1. The lowest BCUT2D eigenvalue weighted by molar-refractivity contribution is 0.0707. The van der Waals surface area contributed by atoms with E-state index in [0.29, 0.717) is 31.2 Å². The minimum atomic E-state index is -0.415. The summed E-state index contributed by atoms with van der Waals surface area (Å²) in [5.41, 5.74) is 0.315. The Bertz CT molecular complexity index is 916. The van der Waals surface area contributed by atoms with Crippen molar-refractivity contribution in [2.45, 2.75) is 44.2 Å². The molecule has 1 aromatic carbocycles. The minimum Gasteiger partial charge on any atom is -0.418 e. The molecule has 1 aromatic heterocycles. The quantitative estimate of drug-likeness (QED) is 0.758. The highest BCUT2D eigenvalue weighted by Gasteiger charge is 2.42. The van der Waals surface area contributed by atoms with Crippen LogP contribution in [-0.4, -0.2) is 60.0 Å². The number of hydrogen-bond acceptors (Lipinski definition) is 5. The summed E-state index contributed by atoms with van der Waals surface area (Å²) < 4.78 is 33.4. The normalized spacial score (nSPS) is 22.5. The van der Waals surface area contributed by atoms with Crippen molar-refractivity contribution in [2.24, 2.45) is 0 Å². The van der Waals surface area contributed by atoms with Gasteiger partial charge in [0.25, 0.3) is 11.9 Å². The molecule has 1 atom stereocenters. The van der Waals surface area contributed by atoms with Crippen molar-refractivity contribution >= 4 is 11.9 Å². The van der Waals surface area contributed by atoms with Crippen molar-refractivity contribution in [1.82, 2.24) is 14.8 Å². The van der Waals surface area contributed by atoms with Crippen LogP contribution in [-0.2, 0) is 6.54 Å². The Morgan fingerprint density at radius 3 is 2.67 bits per heavy atom. The molecule has 0 unspecified atom stereocenters. The highest BCUT2D eigenvalue weighted by atomic mass is 19.1. The third-order valence-electron chi connectivity index (χ3n) is 6.40. The largest absolute Gasteiger partial charge is 0.418 e. The van der Waals surface area contributed by atoms with E-state index in [-0.39, 0.29) is 23.0 Å². The van der Waals surface area contributed by atoms with Gasteiger partial charge in [-0.25, -0.2) is 13.8 Å². The molecular weight excluding hydrogens is 390 g/mol. The summed E-state index contributed by atoms with van der Waals surface area (Å²) in [6, 6.07) is 4.04. The Balaban J connectivity index is 1.46. The Labute approximate surface area is 175 Å². The SMILES string of the molecule is CN(C)c1ncc(C(=O)N2CCC[C@]3(CCCN3Cc3cc(F)ccc3F)CC2)o1. The third-order valence-corrected chi connectivity index (χ3v) is 6.40. The number of aromatic nitrogens is 1. The molecule has 0 saturated carbocycles. The zero-order valence-electron chi connectivity index (χ0n) is 17.5. The number of carbonyl (C=O) groups excluding carboxylic acids is 1. The number of amides is 1. The number of carbonyl (C=O) groups is 1. The molecule has 2 aliphatic heterocycles. The molecule has 30 heavy (non-hydrogen) atoms. The van der Waals surface area contributed by atoms with Crippen LogP contribution in [0.25, 0.3) is 0 Å². The van der Waals surface area contributed by atoms with Gasteiger partial charge in [0.1, 0.15) is 11.6 Å². The van der Waals surface area contributed by atoms with Crippen LogP contribution >= 0.6 is 0 Å². The average Bonchev–Trinajstić information content (AvgIpc) is 3.29. The Morgan fingerprint density at radius 1 is 1.17 bits per heavy atom. The van der Waals surface area contributed by atoms with E-state index in [1.165, 1.54) is 18.3 Å². The van der Waals surface area contributed by atoms with Crippen molar-refractivity contribution in [3.05, 3.63) is 47.4 Å². The van der Waals surface area contributed by atoms with E-state index in [1.54, 1.807) is 4.90 Å². The van der Waals surface area contributed by atoms with Gasteiger partial charge in [0, 0.05) is 44.8 Å². The van der Waals surface area contributed by atoms with Crippen LogP contribution < -0.4 is 4.90 Å². The molecule has 6 nitrogen and oxygen atoms in total. The maximum Gasteiger partial charge on any atom is 0.297 e. The van der Waals surface area contributed by atoms with Crippen molar-refractivity contribution in [2.75, 3.05) is 38.6 Å². The molecule has 8 heteroatoms. The predicted molar refractivity (Wildman–Crippen MR) is 109 cm³/mol. The first kappa shape index (κ1) is 20.8. The maximum atomic E-state index is 14.2. The fraction of sp³-hybridized carbons (Fsp3) is 0.545. The molecule has 0 aliphatic carbocycles. The first-order chi connectivity index (χ1) is 14.4. The van der Waals surface area contributed by atoms with Crippen molar-refractivity contribution in [1.29, 1.82) is 0 Å². The second kappa shape index (κ2) is 8.34. The predicted octanol–water partition coefficient (Wildman–Crippen LogP) is 3.68. The number of hydrogen-bond donors (Lipinski definition) is 0. The van der Waals surface area contributed by atoms with Crippen LogP contribution in [0, 0.1) is 11.6 Å². The van der Waals surface area contributed by atoms with Gasteiger partial charge in [-0.05, 0) is 56.8 Å². The maximum absolute atomic E-state index is 14.2. The van der Waals surface area contributed by atoms with Crippen LogP contribution in [0.1, 0.15) is 48.2 Å². The van der Waals surface area contributed by atoms with Gasteiger partial charge in [0.05, 0.1) is 6.20 Å². The van der Waals surface area contributed by atoms with Crippen molar-refractivity contribution < 1.29 is 18.0 Å². The summed E-state index contributed by atoms with van der Waals surface area (Å²) in [6.45, 7) is 2.52. The Morgan fingerprint density at radius 2 is 1.93 bits per heavy atom. The van der Waals surface area contributed by atoms with E-state index in [2.05, 4.69) is 9.88 Å². The first-order valence-corrected chi connectivity index (χ1v) is 10.5. The molecule has 3 heterocycles. The molecule has 1 spiro atoms. The van der Waals surface area contributed by atoms with Gasteiger partial charge in [-0.1, -0.05) is 0 Å². The molecule has 0 bridgehead atoms. The van der Waals surface area contributed by atoms with Gasteiger partial charge in [-0.15, -0.1) is 0 Å². The third kappa shape index (κ3) is 4.05. The molecule has 0 radical (unpaired) electrons. The molecule has 2 aliphatic rings. The second-order valence-corrected chi connectivity index (χ2v) is 8.53. The van der Waals surface area contributed by atoms with E-state index >= 15 is 0 Å². The number of halogens is 2. The molecule has 2 fully saturated rings. The fourth-order valence-electron chi connectivity index (χ4n) is 4.79. The summed E-state index contributed by atoms with van der Waals surface area (Å²) in [7, 11) is 3.62. The standard InChI is InChI=1S/C22H28F2N4O2/c1-26(2)21-25-14-19(30-21)20(29)27-10-3-7-22(9-12-27)8-4-11-28(22)15-16-13-17(23)5-6-18(16)24/h5-6,13-14H,3-4,7-12,15H2,1-2H3/t22-/m0/s1. The molecular formula is C22H28F2N4O2. The van der Waals surface area contributed by atoms with Crippen molar-refractivity contribution in [3.8, 4) is 0 Å². The monoisotopic (exact) mass is 418 g/mol. The Hall–Kier alpha value is -2.48. The number of oxazole rings is 1. The number of likely N-dealkylation sites (tertiary alicyclic amines) is 2. The summed E-state index contributed by atoms with van der Waals surface area (Å²) >= 11 is 0. The van der Waals surface area contributed by atoms with Crippen LogP contribution in [0.15, 0.2) is 28.8 Å². The van der Waals surface area contributed by atoms with E-state index in [0.717, 1.165) is 44.7 Å². The smallest absolute Gasteiger partial charge is 0.297 e. The van der Waals surface area contributed by atoms with Gasteiger partial charge < -0.3 is 14.2 Å². The van der Waals surface area contributed by atoms with E-state index in [4.69, 9.17) is 4.42 Å². The average molecular weight is 418 g/mol. The molecule has 2 saturated heterocycles. The van der Waals surface area contributed by atoms with E-state index in [9.17, 15) is 13.6 Å². The lowest BCUT2D eigenvalue weighted by Gasteiger charge is -2.38. The van der Waals surface area contributed by atoms with Crippen LogP contribution in [0.3, 0.4) is 0 Å². The van der Waals surface area contributed by atoms with Crippen LogP contribution in [0.5, 0.6) is 0 Å². The van der Waals surface area contributed by atoms with Gasteiger partial charge in [0.2, 0.25) is 5.76 Å². The second-order valence-electron chi connectivity index (χ2n) is 8.53. The van der Waals surface area contributed by atoms with Gasteiger partial charge in [-0.2, -0.15) is 0 Å². The lowest BCUT2D eigenvalue weighted by Crippen LogP contribution is -2.44. The Kier molecular flexibility index (Phi) is 5.77. The first-order valence-electron chi connectivity index (χ1n) is 10.5. The molecule has 162 valence electrons. The molecule has 4 rings (SSSR count). The number of anilines is 1. The lowest BCUT2D eigenvalue weighted by atomic mass is 9.87. The molecule has 1 amide bonds. The van der Waals surface area contributed by atoms with E-state index in [1.807, 2.05) is 19.0 Å². The summed E-state index contributed by atoms with van der Waals surface area (Å²) in [5, 5.41) is 0. The fourth-order valence-corrected chi connectivity index (χ4v) is 4.79. The highest BCUT2D eigenvalue weighted by molar-refractivity contribution is 5.91. The zero-order chi connectivity index (χ0) is 21.3. The number of nitrogens with zero attached hydrogens (tertiary/aromatic N) is 4. The zero-order valence-corrected chi connectivity index (χ0v) is 17.5. The van der Waals surface area contributed by atoms with Gasteiger partial charge >= 0.3 is 0 Å². The highest BCUT2D eigenvalue weighted by Crippen LogP contribution is 2.39.